The van der Waals surface area contributed by atoms with Gasteiger partial charge in [0.25, 0.3) is 10.1 Å². The maximum atomic E-state index is 11.8. The molecular weight excluding hydrogens is 276 g/mol. The Morgan fingerprint density at radius 2 is 1.53 bits per heavy atom. The SMILES string of the molecule is CCOC(=O)C1(C(=O)OCC)CC(OS(C)(=O)=O)C1. The first-order valence-electron chi connectivity index (χ1n) is 5.98. The highest BCUT2D eigenvalue weighted by Gasteiger charge is 2.59. The Kier molecular flexibility index (Phi) is 4.92. The van der Waals surface area contributed by atoms with E-state index in [-0.39, 0.29) is 26.1 Å². The van der Waals surface area contributed by atoms with Gasteiger partial charge in [-0.2, -0.15) is 8.42 Å². The van der Waals surface area contributed by atoms with Crippen LogP contribution in [-0.2, 0) is 33.4 Å². The first kappa shape index (κ1) is 15.9. The minimum atomic E-state index is -3.61. The number of esters is 2. The van der Waals surface area contributed by atoms with Crippen molar-refractivity contribution in [2.24, 2.45) is 5.41 Å². The highest BCUT2D eigenvalue weighted by Crippen LogP contribution is 2.45. The summed E-state index contributed by atoms with van der Waals surface area (Å²) in [5, 5.41) is 0. The zero-order valence-electron chi connectivity index (χ0n) is 11.2. The molecule has 1 fully saturated rings. The monoisotopic (exact) mass is 294 g/mol. The first-order chi connectivity index (χ1) is 8.75. The van der Waals surface area contributed by atoms with Gasteiger partial charge in [0.15, 0.2) is 5.41 Å². The number of rotatable bonds is 6. The molecule has 0 heterocycles. The van der Waals surface area contributed by atoms with Crippen molar-refractivity contribution >= 4 is 22.1 Å². The highest BCUT2D eigenvalue weighted by atomic mass is 32.2. The van der Waals surface area contributed by atoms with Gasteiger partial charge in [0.1, 0.15) is 0 Å². The minimum absolute atomic E-state index is 0.0439. The van der Waals surface area contributed by atoms with Crippen LogP contribution in [0.5, 0.6) is 0 Å². The summed E-state index contributed by atoms with van der Waals surface area (Å²) in [6.07, 6.45) is 0.140. The van der Waals surface area contributed by atoms with Gasteiger partial charge in [-0.1, -0.05) is 0 Å². The lowest BCUT2D eigenvalue weighted by atomic mass is 9.66. The summed E-state index contributed by atoms with van der Waals surface area (Å²) in [6.45, 7) is 3.52. The minimum Gasteiger partial charge on any atom is -0.465 e. The molecule has 0 amide bonds. The van der Waals surface area contributed by atoms with Gasteiger partial charge in [0.05, 0.1) is 25.6 Å². The average Bonchev–Trinajstić information content (AvgIpc) is 2.21. The van der Waals surface area contributed by atoms with Gasteiger partial charge in [-0.3, -0.25) is 13.8 Å². The summed E-state index contributed by atoms with van der Waals surface area (Å²) in [5.41, 5.74) is -1.43. The first-order valence-corrected chi connectivity index (χ1v) is 7.79. The molecule has 0 bridgehead atoms. The summed E-state index contributed by atoms with van der Waals surface area (Å²) in [5.74, 6) is -1.39. The topological polar surface area (TPSA) is 96.0 Å². The number of hydrogen-bond acceptors (Lipinski definition) is 7. The van der Waals surface area contributed by atoms with E-state index in [9.17, 15) is 18.0 Å². The molecule has 1 aliphatic rings. The zero-order valence-corrected chi connectivity index (χ0v) is 12.0. The average molecular weight is 294 g/mol. The van der Waals surface area contributed by atoms with Crippen LogP contribution < -0.4 is 0 Å². The zero-order chi connectivity index (χ0) is 14.7. The molecule has 0 radical (unpaired) electrons. The van der Waals surface area contributed by atoms with Gasteiger partial charge in [0.2, 0.25) is 0 Å². The molecule has 0 atom stereocenters. The van der Waals surface area contributed by atoms with Crippen LogP contribution in [0.3, 0.4) is 0 Å². The molecule has 0 N–H and O–H groups in total. The van der Waals surface area contributed by atoms with Crippen molar-refractivity contribution in [2.75, 3.05) is 19.5 Å². The molecule has 7 nitrogen and oxygen atoms in total. The summed E-state index contributed by atoms with van der Waals surface area (Å²) < 4.78 is 36.4. The third-order valence-corrected chi connectivity index (χ3v) is 3.42. The predicted molar refractivity (Wildman–Crippen MR) is 64.6 cm³/mol. The molecule has 19 heavy (non-hydrogen) atoms. The fourth-order valence-electron chi connectivity index (χ4n) is 1.99. The Morgan fingerprint density at radius 3 is 1.84 bits per heavy atom. The Bertz CT molecular complexity index is 428. The summed E-state index contributed by atoms with van der Waals surface area (Å²) >= 11 is 0. The number of hydrogen-bond donors (Lipinski definition) is 0. The maximum Gasteiger partial charge on any atom is 0.323 e. The van der Waals surface area contributed by atoms with E-state index in [4.69, 9.17) is 13.7 Å². The molecular formula is C11H18O7S. The van der Waals surface area contributed by atoms with Crippen LogP contribution in [0.1, 0.15) is 26.7 Å². The largest absolute Gasteiger partial charge is 0.465 e. The van der Waals surface area contributed by atoms with E-state index in [1.54, 1.807) is 13.8 Å². The molecule has 0 spiro atoms. The molecule has 1 rings (SSSR count). The van der Waals surface area contributed by atoms with Crippen LogP contribution in [0.4, 0.5) is 0 Å². The normalized spacial score (nSPS) is 18.5. The van der Waals surface area contributed by atoms with E-state index >= 15 is 0 Å². The van der Waals surface area contributed by atoms with E-state index in [1.165, 1.54) is 0 Å². The standard InChI is InChI=1S/C11H18O7S/c1-4-16-9(12)11(10(13)17-5-2)6-8(7-11)18-19(3,14)15/h8H,4-7H2,1-3H3. The summed E-state index contributed by atoms with van der Waals surface area (Å²) in [7, 11) is -3.61. The van der Waals surface area contributed by atoms with E-state index in [2.05, 4.69) is 0 Å². The van der Waals surface area contributed by atoms with Gasteiger partial charge in [-0.25, -0.2) is 0 Å². The number of carbonyl (C=O) groups excluding carboxylic acids is 2. The Hall–Kier alpha value is -1.15. The summed E-state index contributed by atoms with van der Waals surface area (Å²) in [4.78, 5) is 23.7. The van der Waals surface area contributed by atoms with Crippen LogP contribution in [0.15, 0.2) is 0 Å². The molecule has 110 valence electrons. The van der Waals surface area contributed by atoms with Gasteiger partial charge < -0.3 is 9.47 Å². The van der Waals surface area contributed by atoms with Crippen molar-refractivity contribution in [3.63, 3.8) is 0 Å². The van der Waals surface area contributed by atoms with Crippen molar-refractivity contribution in [1.29, 1.82) is 0 Å². The van der Waals surface area contributed by atoms with E-state index in [0.717, 1.165) is 6.26 Å². The lowest BCUT2D eigenvalue weighted by Gasteiger charge is -2.41. The second-order valence-electron chi connectivity index (χ2n) is 4.35. The predicted octanol–water partition coefficient (Wildman–Crippen LogP) is 0.238. The quantitative estimate of drug-likeness (QED) is 0.393. The molecule has 0 aromatic rings. The van der Waals surface area contributed by atoms with Gasteiger partial charge >= 0.3 is 11.9 Å². The molecule has 1 aliphatic carbocycles. The number of ether oxygens (including phenoxy) is 2. The van der Waals surface area contributed by atoms with Crippen LogP contribution in [0.2, 0.25) is 0 Å². The summed E-state index contributed by atoms with van der Waals surface area (Å²) in [6, 6.07) is 0. The second kappa shape index (κ2) is 5.87. The fraction of sp³-hybridized carbons (Fsp3) is 0.818. The van der Waals surface area contributed by atoms with Crippen LogP contribution in [0, 0.1) is 5.41 Å². The second-order valence-corrected chi connectivity index (χ2v) is 5.95. The Balaban J connectivity index is 2.77. The van der Waals surface area contributed by atoms with Crippen molar-refractivity contribution in [2.45, 2.75) is 32.8 Å². The Morgan fingerprint density at radius 1 is 1.11 bits per heavy atom. The van der Waals surface area contributed by atoms with Crippen LogP contribution in [0.25, 0.3) is 0 Å². The lowest BCUT2D eigenvalue weighted by molar-refractivity contribution is -0.186. The molecule has 0 aromatic carbocycles. The molecule has 0 saturated heterocycles. The van der Waals surface area contributed by atoms with E-state index in [0.29, 0.717) is 0 Å². The molecule has 0 unspecified atom stereocenters. The van der Waals surface area contributed by atoms with E-state index < -0.39 is 33.6 Å². The van der Waals surface area contributed by atoms with Gasteiger partial charge in [0, 0.05) is 12.8 Å². The third kappa shape index (κ3) is 3.66. The van der Waals surface area contributed by atoms with Crippen molar-refractivity contribution in [3.05, 3.63) is 0 Å². The fourth-order valence-corrected chi connectivity index (χ4v) is 2.62. The van der Waals surface area contributed by atoms with Crippen molar-refractivity contribution in [3.8, 4) is 0 Å². The van der Waals surface area contributed by atoms with Crippen LogP contribution in [-0.4, -0.2) is 45.9 Å². The Labute approximate surface area is 112 Å². The third-order valence-electron chi connectivity index (χ3n) is 2.80. The smallest absolute Gasteiger partial charge is 0.323 e. The van der Waals surface area contributed by atoms with Crippen molar-refractivity contribution in [1.82, 2.24) is 0 Å². The molecule has 0 aromatic heterocycles. The van der Waals surface area contributed by atoms with Crippen LogP contribution >= 0.6 is 0 Å². The maximum absolute atomic E-state index is 11.8. The van der Waals surface area contributed by atoms with Gasteiger partial charge in [-0.15, -0.1) is 0 Å². The number of carbonyl (C=O) groups is 2. The molecule has 0 aliphatic heterocycles. The van der Waals surface area contributed by atoms with Gasteiger partial charge in [-0.05, 0) is 13.8 Å². The highest BCUT2D eigenvalue weighted by molar-refractivity contribution is 7.86. The molecule has 1 saturated carbocycles. The molecule has 8 heteroatoms. The van der Waals surface area contributed by atoms with Crippen molar-refractivity contribution < 1.29 is 31.7 Å². The van der Waals surface area contributed by atoms with E-state index in [1.807, 2.05) is 0 Å². The lowest BCUT2D eigenvalue weighted by Crippen LogP contribution is -2.55.